The number of unbranched alkanes of at least 4 members (excludes halogenated alkanes) is 39. The molecule has 312 valence electrons. The summed E-state index contributed by atoms with van der Waals surface area (Å²) in [4.78, 5) is 13.2. The highest BCUT2D eigenvalue weighted by Crippen LogP contribution is 2.23. The standard InChI is InChI=1S/C50H100O2/c1-3-5-7-9-11-13-15-17-19-21-23-25-26-28-30-32-34-36-38-41-45-49(46-42-40-44-48-51)50(52)47-43-39-37-35-33-31-29-27-24-22-20-18-16-14-12-10-8-6-4-2/h49,51H,3-48H2,1-2H3. The normalized spacial score (nSPS) is 12.2. The molecule has 0 aliphatic heterocycles. The van der Waals surface area contributed by atoms with Crippen molar-refractivity contribution in [2.24, 2.45) is 5.92 Å². The van der Waals surface area contributed by atoms with Crippen molar-refractivity contribution < 1.29 is 9.90 Å². The van der Waals surface area contributed by atoms with E-state index in [0.717, 1.165) is 44.9 Å². The van der Waals surface area contributed by atoms with Gasteiger partial charge in [-0.15, -0.1) is 0 Å². The lowest BCUT2D eigenvalue weighted by Gasteiger charge is -2.16. The van der Waals surface area contributed by atoms with Crippen molar-refractivity contribution in [2.45, 2.75) is 303 Å². The Bertz CT molecular complexity index is 644. The van der Waals surface area contributed by atoms with Crippen molar-refractivity contribution in [3.63, 3.8) is 0 Å². The van der Waals surface area contributed by atoms with E-state index >= 15 is 0 Å². The van der Waals surface area contributed by atoms with Gasteiger partial charge < -0.3 is 5.11 Å². The van der Waals surface area contributed by atoms with Crippen molar-refractivity contribution in [1.82, 2.24) is 0 Å². The zero-order valence-corrected chi connectivity index (χ0v) is 36.5. The van der Waals surface area contributed by atoms with E-state index in [1.54, 1.807) is 0 Å². The first kappa shape index (κ1) is 51.6. The second-order valence-corrected chi connectivity index (χ2v) is 17.4. The summed E-state index contributed by atoms with van der Waals surface area (Å²) in [5, 5.41) is 9.18. The topological polar surface area (TPSA) is 37.3 Å². The predicted octanol–water partition coefficient (Wildman–Crippen LogP) is 17.8. The van der Waals surface area contributed by atoms with Crippen molar-refractivity contribution in [3.05, 3.63) is 0 Å². The van der Waals surface area contributed by atoms with Gasteiger partial charge in [-0.1, -0.05) is 271 Å². The monoisotopic (exact) mass is 733 g/mol. The molecule has 1 N–H and O–H groups in total. The third kappa shape index (κ3) is 42.4. The lowest BCUT2D eigenvalue weighted by Crippen LogP contribution is -2.15. The number of Topliss-reactive ketones (excluding diaryl/α,β-unsaturated/α-hetero) is 1. The zero-order valence-electron chi connectivity index (χ0n) is 36.5. The van der Waals surface area contributed by atoms with E-state index in [-0.39, 0.29) is 12.5 Å². The molecule has 0 aromatic heterocycles. The van der Waals surface area contributed by atoms with Crippen LogP contribution < -0.4 is 0 Å². The molecule has 0 bridgehead atoms. The van der Waals surface area contributed by atoms with Gasteiger partial charge in [0.25, 0.3) is 0 Å². The highest BCUT2D eigenvalue weighted by Gasteiger charge is 2.17. The molecule has 2 nitrogen and oxygen atoms in total. The van der Waals surface area contributed by atoms with E-state index in [4.69, 9.17) is 0 Å². The third-order valence-electron chi connectivity index (χ3n) is 12.1. The Labute approximate surface area is 330 Å². The average molecular weight is 733 g/mol. The number of carbonyl (C=O) groups is 1. The molecule has 0 aliphatic rings. The van der Waals surface area contributed by atoms with Crippen LogP contribution in [0.1, 0.15) is 303 Å². The van der Waals surface area contributed by atoms with Gasteiger partial charge in [-0.3, -0.25) is 4.79 Å². The molecule has 0 aromatic rings. The van der Waals surface area contributed by atoms with Gasteiger partial charge in [-0.2, -0.15) is 0 Å². The summed E-state index contributed by atoms with van der Waals surface area (Å²) in [5.74, 6) is 0.832. The molecule has 1 atom stereocenters. The van der Waals surface area contributed by atoms with Crippen LogP contribution in [0.3, 0.4) is 0 Å². The molecule has 1 unspecified atom stereocenters. The molecule has 0 aliphatic carbocycles. The van der Waals surface area contributed by atoms with Crippen LogP contribution in [0.25, 0.3) is 0 Å². The summed E-state index contributed by atoms with van der Waals surface area (Å²) in [6, 6.07) is 0. The van der Waals surface area contributed by atoms with Gasteiger partial charge in [0, 0.05) is 18.9 Å². The number of carbonyl (C=O) groups excluding carboxylic acids is 1. The number of rotatable bonds is 47. The van der Waals surface area contributed by atoms with Crippen LogP contribution in [-0.4, -0.2) is 17.5 Å². The minimum absolute atomic E-state index is 0.282. The average Bonchev–Trinajstić information content (AvgIpc) is 3.15. The third-order valence-corrected chi connectivity index (χ3v) is 12.1. The second kappa shape index (κ2) is 46.8. The van der Waals surface area contributed by atoms with Crippen molar-refractivity contribution in [1.29, 1.82) is 0 Å². The summed E-state index contributed by atoms with van der Waals surface area (Å²) in [6.45, 7) is 4.89. The van der Waals surface area contributed by atoms with Gasteiger partial charge in [-0.25, -0.2) is 0 Å². The first-order chi connectivity index (χ1) is 25.8. The lowest BCUT2D eigenvalue weighted by atomic mass is 9.88. The highest BCUT2D eigenvalue weighted by atomic mass is 16.2. The minimum atomic E-state index is 0.282. The number of hydrogen-bond donors (Lipinski definition) is 1. The maximum Gasteiger partial charge on any atom is 0.135 e. The molecule has 0 spiro atoms. The van der Waals surface area contributed by atoms with Gasteiger partial charge in [0.05, 0.1) is 0 Å². The lowest BCUT2D eigenvalue weighted by molar-refractivity contribution is -0.123. The fraction of sp³-hybridized carbons (Fsp3) is 0.980. The van der Waals surface area contributed by atoms with Gasteiger partial charge >= 0.3 is 0 Å². The van der Waals surface area contributed by atoms with Gasteiger partial charge in [0.2, 0.25) is 0 Å². The van der Waals surface area contributed by atoms with Crippen molar-refractivity contribution in [2.75, 3.05) is 6.61 Å². The largest absolute Gasteiger partial charge is 0.396 e. The van der Waals surface area contributed by atoms with Crippen LogP contribution in [-0.2, 0) is 4.79 Å². The summed E-state index contributed by atoms with van der Waals surface area (Å²) < 4.78 is 0. The Morgan fingerprint density at radius 2 is 0.519 bits per heavy atom. The van der Waals surface area contributed by atoms with Crippen molar-refractivity contribution >= 4 is 5.78 Å². The molecule has 0 amide bonds. The number of ketones is 1. The fourth-order valence-electron chi connectivity index (χ4n) is 8.37. The van der Waals surface area contributed by atoms with Gasteiger partial charge in [0.1, 0.15) is 5.78 Å². The SMILES string of the molecule is CCCCCCCCCCCCCCCCCCCCCCC(CCCCCO)C(=O)CCCCCCCCCCCCCCCCCCCCC. The van der Waals surface area contributed by atoms with E-state index in [1.165, 1.54) is 244 Å². The van der Waals surface area contributed by atoms with Gasteiger partial charge in [0.15, 0.2) is 0 Å². The molecular weight excluding hydrogens is 633 g/mol. The van der Waals surface area contributed by atoms with E-state index < -0.39 is 0 Å². The maximum atomic E-state index is 13.2. The predicted molar refractivity (Wildman–Crippen MR) is 235 cm³/mol. The van der Waals surface area contributed by atoms with Crippen LogP contribution in [0.2, 0.25) is 0 Å². The van der Waals surface area contributed by atoms with Crippen LogP contribution in [0.5, 0.6) is 0 Å². The molecule has 0 saturated heterocycles. The Kier molecular flexibility index (Phi) is 46.5. The van der Waals surface area contributed by atoms with E-state index in [2.05, 4.69) is 13.8 Å². The second-order valence-electron chi connectivity index (χ2n) is 17.4. The molecule has 52 heavy (non-hydrogen) atoms. The van der Waals surface area contributed by atoms with Crippen molar-refractivity contribution in [3.8, 4) is 0 Å². The summed E-state index contributed by atoms with van der Waals surface area (Å²) >= 11 is 0. The Morgan fingerprint density at radius 1 is 0.308 bits per heavy atom. The fourth-order valence-corrected chi connectivity index (χ4v) is 8.37. The van der Waals surface area contributed by atoms with Crippen LogP contribution >= 0.6 is 0 Å². The number of aliphatic hydroxyl groups is 1. The Morgan fingerprint density at radius 3 is 0.769 bits per heavy atom. The van der Waals surface area contributed by atoms with E-state index in [0.29, 0.717) is 5.78 Å². The highest BCUT2D eigenvalue weighted by molar-refractivity contribution is 5.80. The maximum absolute atomic E-state index is 13.2. The molecule has 0 radical (unpaired) electrons. The molecule has 0 heterocycles. The van der Waals surface area contributed by atoms with Gasteiger partial charge in [-0.05, 0) is 25.7 Å². The summed E-state index contributed by atoms with van der Waals surface area (Å²) in [6.07, 6.45) is 60.9. The molecule has 2 heteroatoms. The van der Waals surface area contributed by atoms with E-state index in [9.17, 15) is 9.90 Å². The Hall–Kier alpha value is -0.370. The zero-order chi connectivity index (χ0) is 37.7. The van der Waals surface area contributed by atoms with Crippen LogP contribution in [0.15, 0.2) is 0 Å². The minimum Gasteiger partial charge on any atom is -0.396 e. The smallest absolute Gasteiger partial charge is 0.135 e. The summed E-state index contributed by atoms with van der Waals surface area (Å²) in [5.41, 5.74) is 0. The number of hydrogen-bond acceptors (Lipinski definition) is 2. The molecular formula is C50H100O2. The quantitative estimate of drug-likeness (QED) is 0.0633. The van der Waals surface area contributed by atoms with E-state index in [1.807, 2.05) is 0 Å². The van der Waals surface area contributed by atoms with Crippen LogP contribution in [0, 0.1) is 5.92 Å². The first-order valence-electron chi connectivity index (χ1n) is 24.9. The molecule has 0 aromatic carbocycles. The number of aliphatic hydroxyl groups excluding tert-OH is 1. The summed E-state index contributed by atoms with van der Waals surface area (Å²) in [7, 11) is 0. The van der Waals surface area contributed by atoms with Crippen LogP contribution in [0.4, 0.5) is 0 Å². The first-order valence-corrected chi connectivity index (χ1v) is 24.9. The Balaban J connectivity index is 3.67. The molecule has 0 saturated carbocycles. The molecule has 0 fully saturated rings. The molecule has 0 rings (SSSR count).